The van der Waals surface area contributed by atoms with Crippen LogP contribution in [0.2, 0.25) is 0 Å². The Bertz CT molecular complexity index is 175. The van der Waals surface area contributed by atoms with Crippen molar-refractivity contribution in [3.05, 3.63) is 24.8 Å². The molecular formula is C7H15NO5. The number of hydrogen-bond acceptors (Lipinski definition) is 3. The monoisotopic (exact) mass is 193 g/mol. The Balaban J connectivity index is -0.0000000546. The van der Waals surface area contributed by atoms with E-state index in [1.165, 1.54) is 6.92 Å². The zero-order chi connectivity index (χ0) is 9.44. The maximum atomic E-state index is 9.60. The van der Waals surface area contributed by atoms with Crippen LogP contribution in [0.3, 0.4) is 0 Å². The Morgan fingerprint density at radius 3 is 1.46 bits per heavy atom. The summed E-state index contributed by atoms with van der Waals surface area (Å²) in [5.74, 6) is -1.92. The van der Waals surface area contributed by atoms with Crippen LogP contribution in [0.25, 0.3) is 0 Å². The molecule has 0 aromatic rings. The van der Waals surface area contributed by atoms with Crippen LogP contribution in [0.15, 0.2) is 24.8 Å². The molecule has 6 nitrogen and oxygen atoms in total. The van der Waals surface area contributed by atoms with Crippen LogP contribution < -0.4 is 6.15 Å². The Morgan fingerprint density at radius 2 is 1.46 bits per heavy atom. The van der Waals surface area contributed by atoms with Crippen LogP contribution in [0.1, 0.15) is 6.92 Å². The molecule has 0 aliphatic heterocycles. The summed E-state index contributed by atoms with van der Waals surface area (Å²) in [6.45, 7) is 7.56. The summed E-state index contributed by atoms with van der Waals surface area (Å²) in [5.41, 5.74) is 0.176. The highest BCUT2D eigenvalue weighted by molar-refractivity contribution is 5.84. The quantitative estimate of drug-likeness (QED) is 0.563. The van der Waals surface area contributed by atoms with Gasteiger partial charge in [-0.05, 0) is 6.92 Å². The number of rotatable bonds is 2. The second-order valence-electron chi connectivity index (χ2n) is 1.63. The molecule has 0 heterocycles. The van der Waals surface area contributed by atoms with Gasteiger partial charge in [0.05, 0.1) is 0 Å². The lowest BCUT2D eigenvalue weighted by molar-refractivity contribution is -0.133. The van der Waals surface area contributed by atoms with Crippen LogP contribution in [0.5, 0.6) is 0 Å². The lowest BCUT2D eigenvalue weighted by Gasteiger charge is -1.79. The van der Waals surface area contributed by atoms with E-state index >= 15 is 0 Å². The first kappa shape index (κ1) is 22.5. The number of aliphatic carboxylic acids is 2. The summed E-state index contributed by atoms with van der Waals surface area (Å²) < 4.78 is 0. The van der Waals surface area contributed by atoms with Crippen LogP contribution in [0.4, 0.5) is 0 Å². The second-order valence-corrected chi connectivity index (χ2v) is 1.63. The maximum Gasteiger partial charge on any atom is 0.330 e. The van der Waals surface area contributed by atoms with Gasteiger partial charge in [0.25, 0.3) is 0 Å². The fourth-order valence-electron chi connectivity index (χ4n) is 0. The summed E-state index contributed by atoms with van der Waals surface area (Å²) in [6, 6.07) is 0. The van der Waals surface area contributed by atoms with Gasteiger partial charge in [0, 0.05) is 11.6 Å². The van der Waals surface area contributed by atoms with Crippen LogP contribution in [-0.4, -0.2) is 27.6 Å². The SMILES string of the molecule is C=C(C)C(=O)O.C=CC(=O)O.[NH4+].[OH-]. The molecule has 13 heavy (non-hydrogen) atoms. The molecule has 0 spiro atoms. The molecule has 78 valence electrons. The minimum Gasteiger partial charge on any atom is -0.870 e. The predicted molar refractivity (Wildman–Crippen MR) is 48.2 cm³/mol. The van der Waals surface area contributed by atoms with Crippen LogP contribution in [0, 0.1) is 0 Å². The molecule has 7 N–H and O–H groups in total. The van der Waals surface area contributed by atoms with Gasteiger partial charge in [0.15, 0.2) is 0 Å². The number of carboxylic acid groups (broad SMARTS) is 2. The number of quaternary nitrogens is 1. The number of carbonyl (C=O) groups is 2. The minimum absolute atomic E-state index is 0. The van der Waals surface area contributed by atoms with Crippen molar-refractivity contribution in [1.82, 2.24) is 6.15 Å². The van der Waals surface area contributed by atoms with Crippen molar-refractivity contribution in [3.8, 4) is 0 Å². The smallest absolute Gasteiger partial charge is 0.330 e. The van der Waals surface area contributed by atoms with E-state index in [2.05, 4.69) is 13.2 Å². The first-order chi connectivity index (χ1) is 4.91. The molecule has 0 radical (unpaired) electrons. The van der Waals surface area contributed by atoms with Crippen molar-refractivity contribution in [2.75, 3.05) is 0 Å². The van der Waals surface area contributed by atoms with E-state index in [0.717, 1.165) is 6.08 Å². The fraction of sp³-hybridized carbons (Fsp3) is 0.143. The largest absolute Gasteiger partial charge is 0.870 e. The second kappa shape index (κ2) is 13.0. The summed E-state index contributed by atoms with van der Waals surface area (Å²) in [6.07, 6.45) is 0.833. The molecule has 6 heteroatoms. The van der Waals surface area contributed by atoms with E-state index in [9.17, 15) is 9.59 Å². The fourth-order valence-corrected chi connectivity index (χ4v) is 0. The van der Waals surface area contributed by atoms with E-state index in [4.69, 9.17) is 10.2 Å². The average molecular weight is 193 g/mol. The normalized spacial score (nSPS) is 5.92. The Morgan fingerprint density at radius 1 is 1.31 bits per heavy atom. The molecule has 0 rings (SSSR count). The summed E-state index contributed by atoms with van der Waals surface area (Å²) in [4.78, 5) is 18.8. The number of hydrogen-bond donors (Lipinski definition) is 3. The van der Waals surface area contributed by atoms with Crippen molar-refractivity contribution in [2.24, 2.45) is 0 Å². The van der Waals surface area contributed by atoms with Gasteiger partial charge < -0.3 is 21.8 Å². The first-order valence-electron chi connectivity index (χ1n) is 2.66. The Hall–Kier alpha value is -1.66. The molecule has 0 saturated heterocycles. The van der Waals surface area contributed by atoms with Crippen LogP contribution in [-0.2, 0) is 9.59 Å². The van der Waals surface area contributed by atoms with E-state index in [0.29, 0.717) is 0 Å². The first-order valence-corrected chi connectivity index (χ1v) is 2.66. The molecule has 0 atom stereocenters. The third kappa shape index (κ3) is 38.2. The van der Waals surface area contributed by atoms with Gasteiger partial charge in [-0.15, -0.1) is 0 Å². The number of carboxylic acids is 2. The van der Waals surface area contributed by atoms with Crippen molar-refractivity contribution in [3.63, 3.8) is 0 Å². The molecule has 0 fully saturated rings. The molecule has 0 aliphatic rings. The average Bonchev–Trinajstić information content (AvgIpc) is 1.89. The summed E-state index contributed by atoms with van der Waals surface area (Å²) in [7, 11) is 0. The highest BCUT2D eigenvalue weighted by atomic mass is 16.4. The van der Waals surface area contributed by atoms with Crippen molar-refractivity contribution < 1.29 is 25.3 Å². The maximum absolute atomic E-state index is 9.60. The topological polar surface area (TPSA) is 141 Å². The van der Waals surface area contributed by atoms with E-state index in [1.807, 2.05) is 0 Å². The van der Waals surface area contributed by atoms with Crippen molar-refractivity contribution in [2.45, 2.75) is 6.92 Å². The van der Waals surface area contributed by atoms with Gasteiger partial charge >= 0.3 is 11.9 Å². The van der Waals surface area contributed by atoms with Crippen molar-refractivity contribution in [1.29, 1.82) is 0 Å². The molecule has 0 aliphatic carbocycles. The van der Waals surface area contributed by atoms with E-state index in [-0.39, 0.29) is 17.2 Å². The van der Waals surface area contributed by atoms with Gasteiger partial charge in [-0.1, -0.05) is 13.2 Å². The lowest BCUT2D eigenvalue weighted by Crippen LogP contribution is -1.92. The minimum atomic E-state index is -0.981. The molecule has 0 saturated carbocycles. The van der Waals surface area contributed by atoms with Crippen LogP contribution >= 0.6 is 0 Å². The molecule has 0 aromatic carbocycles. The Labute approximate surface area is 76.1 Å². The Kier molecular flexibility index (Phi) is 22.4. The van der Waals surface area contributed by atoms with Gasteiger partial charge in [-0.3, -0.25) is 0 Å². The highest BCUT2D eigenvalue weighted by Gasteiger charge is 1.90. The highest BCUT2D eigenvalue weighted by Crippen LogP contribution is 1.81. The predicted octanol–water partition coefficient (Wildman–Crippen LogP) is 1.10. The summed E-state index contributed by atoms with van der Waals surface area (Å²) >= 11 is 0. The third-order valence-corrected chi connectivity index (χ3v) is 0.540. The standard InChI is InChI=1S/C4H6O2.C3H4O2.H3N.H2O/c1-3(2)4(5)6;1-2-3(4)5;;/h1H2,2H3,(H,5,6);2H,1H2,(H,4,5);1H3;1H2. The molecule has 0 aromatic heterocycles. The zero-order valence-electron chi connectivity index (χ0n) is 7.65. The molecule has 0 bridgehead atoms. The lowest BCUT2D eigenvalue weighted by atomic mass is 10.4. The van der Waals surface area contributed by atoms with E-state index < -0.39 is 11.9 Å². The van der Waals surface area contributed by atoms with E-state index in [1.54, 1.807) is 0 Å². The van der Waals surface area contributed by atoms with Gasteiger partial charge in [-0.25, -0.2) is 9.59 Å². The van der Waals surface area contributed by atoms with Gasteiger partial charge in [0.2, 0.25) is 0 Å². The molecule has 0 unspecified atom stereocenters. The molecule has 0 amide bonds. The third-order valence-electron chi connectivity index (χ3n) is 0.540. The zero-order valence-corrected chi connectivity index (χ0v) is 7.65. The van der Waals surface area contributed by atoms with Gasteiger partial charge in [0.1, 0.15) is 0 Å². The van der Waals surface area contributed by atoms with Gasteiger partial charge in [-0.2, -0.15) is 0 Å². The molecular weight excluding hydrogens is 178 g/mol. The summed E-state index contributed by atoms with van der Waals surface area (Å²) in [5, 5.41) is 15.5. The van der Waals surface area contributed by atoms with Crippen molar-refractivity contribution >= 4 is 11.9 Å².